The van der Waals surface area contributed by atoms with Gasteiger partial charge in [0.05, 0.1) is 7.11 Å². The summed E-state index contributed by atoms with van der Waals surface area (Å²) < 4.78 is 5.10. The van der Waals surface area contributed by atoms with Gasteiger partial charge in [0.2, 0.25) is 0 Å². The molecular formula is C19H26N6O2. The van der Waals surface area contributed by atoms with Crippen molar-refractivity contribution in [2.75, 3.05) is 29.7 Å². The van der Waals surface area contributed by atoms with Crippen LogP contribution in [0.3, 0.4) is 0 Å². The SMILES string of the molecule is CCC1CCCCN1c1ncnc(NNC(=O)c2ccc(OC)cc2)c1N. The van der Waals surface area contributed by atoms with Gasteiger partial charge < -0.3 is 15.4 Å². The number of aromatic nitrogens is 2. The fourth-order valence-electron chi connectivity index (χ4n) is 3.35. The highest BCUT2D eigenvalue weighted by molar-refractivity contribution is 5.95. The molecule has 144 valence electrons. The number of piperidine rings is 1. The number of amides is 1. The summed E-state index contributed by atoms with van der Waals surface area (Å²) in [6.45, 7) is 3.10. The number of ether oxygens (including phenoxy) is 1. The molecule has 1 amide bonds. The van der Waals surface area contributed by atoms with Crippen LogP contribution in [0.15, 0.2) is 30.6 Å². The van der Waals surface area contributed by atoms with Gasteiger partial charge in [0.25, 0.3) is 5.91 Å². The second-order valence-electron chi connectivity index (χ2n) is 6.52. The largest absolute Gasteiger partial charge is 0.497 e. The lowest BCUT2D eigenvalue weighted by Crippen LogP contribution is -2.40. The molecule has 8 heteroatoms. The third-order valence-corrected chi connectivity index (χ3v) is 4.88. The van der Waals surface area contributed by atoms with Gasteiger partial charge in [-0.1, -0.05) is 6.92 Å². The molecule has 1 unspecified atom stereocenters. The Labute approximate surface area is 159 Å². The lowest BCUT2D eigenvalue weighted by molar-refractivity contribution is 0.0962. The fraction of sp³-hybridized carbons (Fsp3) is 0.421. The molecule has 1 fully saturated rings. The normalized spacial score (nSPS) is 16.7. The van der Waals surface area contributed by atoms with Gasteiger partial charge in [0, 0.05) is 18.2 Å². The van der Waals surface area contributed by atoms with Crippen LogP contribution in [-0.4, -0.2) is 35.6 Å². The van der Waals surface area contributed by atoms with Crippen LogP contribution in [0.4, 0.5) is 17.3 Å². The third-order valence-electron chi connectivity index (χ3n) is 4.88. The van der Waals surface area contributed by atoms with Crippen LogP contribution < -0.4 is 26.2 Å². The molecule has 1 saturated heterocycles. The van der Waals surface area contributed by atoms with E-state index < -0.39 is 0 Å². The maximum absolute atomic E-state index is 12.3. The number of hydrogen-bond donors (Lipinski definition) is 3. The first-order chi connectivity index (χ1) is 13.1. The number of nitrogen functional groups attached to an aromatic ring is 1. The fourth-order valence-corrected chi connectivity index (χ4v) is 3.35. The average molecular weight is 370 g/mol. The van der Waals surface area contributed by atoms with Crippen molar-refractivity contribution in [2.45, 2.75) is 38.6 Å². The molecule has 1 aromatic carbocycles. The highest BCUT2D eigenvalue weighted by atomic mass is 16.5. The molecule has 1 atom stereocenters. The third kappa shape index (κ3) is 4.21. The van der Waals surface area contributed by atoms with E-state index in [1.54, 1.807) is 31.4 Å². The van der Waals surface area contributed by atoms with Gasteiger partial charge in [-0.05, 0) is 49.9 Å². The second kappa shape index (κ2) is 8.57. The summed E-state index contributed by atoms with van der Waals surface area (Å²) >= 11 is 0. The number of benzene rings is 1. The maximum Gasteiger partial charge on any atom is 0.269 e. The molecule has 0 aliphatic carbocycles. The minimum absolute atomic E-state index is 0.290. The summed E-state index contributed by atoms with van der Waals surface area (Å²) in [5.74, 6) is 1.51. The molecule has 3 rings (SSSR count). The van der Waals surface area contributed by atoms with Crippen molar-refractivity contribution < 1.29 is 9.53 Å². The number of anilines is 3. The summed E-state index contributed by atoms with van der Waals surface area (Å²) in [4.78, 5) is 23.1. The Kier molecular flexibility index (Phi) is 5.95. The van der Waals surface area contributed by atoms with Crippen LogP contribution in [0.25, 0.3) is 0 Å². The minimum atomic E-state index is -0.290. The topological polar surface area (TPSA) is 105 Å². The summed E-state index contributed by atoms with van der Waals surface area (Å²) in [7, 11) is 1.58. The monoisotopic (exact) mass is 370 g/mol. The number of rotatable bonds is 6. The molecule has 2 aromatic rings. The Bertz CT molecular complexity index is 780. The number of nitrogens with two attached hydrogens (primary N) is 1. The Morgan fingerprint density at radius 2 is 2.07 bits per heavy atom. The second-order valence-corrected chi connectivity index (χ2v) is 6.52. The number of methoxy groups -OCH3 is 1. The van der Waals surface area contributed by atoms with Crippen LogP contribution >= 0.6 is 0 Å². The van der Waals surface area contributed by atoms with Crippen LogP contribution in [0.2, 0.25) is 0 Å². The smallest absolute Gasteiger partial charge is 0.269 e. The number of hydrazine groups is 1. The summed E-state index contributed by atoms with van der Waals surface area (Å²) in [6, 6.07) is 7.26. The maximum atomic E-state index is 12.3. The summed E-state index contributed by atoms with van der Waals surface area (Å²) in [6.07, 6.45) is 5.99. The van der Waals surface area contributed by atoms with Crippen molar-refractivity contribution in [3.05, 3.63) is 36.2 Å². The van der Waals surface area contributed by atoms with Gasteiger partial charge in [-0.2, -0.15) is 0 Å². The summed E-state index contributed by atoms with van der Waals surface area (Å²) in [5.41, 5.74) is 12.7. The van der Waals surface area contributed by atoms with Crippen molar-refractivity contribution in [3.8, 4) is 5.75 Å². The minimum Gasteiger partial charge on any atom is -0.497 e. The lowest BCUT2D eigenvalue weighted by atomic mass is 10.00. The molecule has 4 N–H and O–H groups in total. The first-order valence-corrected chi connectivity index (χ1v) is 9.21. The van der Waals surface area contributed by atoms with Crippen molar-refractivity contribution >= 4 is 23.2 Å². The Balaban J connectivity index is 1.70. The van der Waals surface area contributed by atoms with E-state index in [9.17, 15) is 4.79 Å². The van der Waals surface area contributed by atoms with Gasteiger partial charge in [0.1, 0.15) is 17.8 Å². The summed E-state index contributed by atoms with van der Waals surface area (Å²) in [5, 5.41) is 0. The van der Waals surface area contributed by atoms with Gasteiger partial charge in [-0.15, -0.1) is 0 Å². The van der Waals surface area contributed by atoms with E-state index in [0.29, 0.717) is 28.9 Å². The Morgan fingerprint density at radius 3 is 2.78 bits per heavy atom. The number of carbonyl (C=O) groups is 1. The molecule has 0 bridgehead atoms. The molecule has 8 nitrogen and oxygen atoms in total. The molecule has 0 radical (unpaired) electrons. The predicted molar refractivity (Wildman–Crippen MR) is 106 cm³/mol. The van der Waals surface area contributed by atoms with Gasteiger partial charge >= 0.3 is 0 Å². The molecule has 0 saturated carbocycles. The molecule has 1 aliphatic heterocycles. The van der Waals surface area contributed by atoms with Crippen LogP contribution in [0.1, 0.15) is 43.0 Å². The molecule has 0 spiro atoms. The van der Waals surface area contributed by atoms with Crippen molar-refractivity contribution in [1.29, 1.82) is 0 Å². The van der Waals surface area contributed by atoms with E-state index in [2.05, 4.69) is 32.6 Å². The zero-order valence-corrected chi connectivity index (χ0v) is 15.7. The zero-order valence-electron chi connectivity index (χ0n) is 15.7. The van der Waals surface area contributed by atoms with E-state index in [1.807, 2.05) is 0 Å². The van der Waals surface area contributed by atoms with E-state index in [1.165, 1.54) is 12.7 Å². The molecule has 2 heterocycles. The van der Waals surface area contributed by atoms with Gasteiger partial charge in [0.15, 0.2) is 11.6 Å². The first-order valence-electron chi connectivity index (χ1n) is 9.21. The molecular weight excluding hydrogens is 344 g/mol. The number of carbonyl (C=O) groups excluding carboxylic acids is 1. The molecule has 27 heavy (non-hydrogen) atoms. The number of nitrogens with one attached hydrogen (secondary N) is 2. The lowest BCUT2D eigenvalue weighted by Gasteiger charge is -2.36. The van der Waals surface area contributed by atoms with Crippen molar-refractivity contribution in [1.82, 2.24) is 15.4 Å². The average Bonchev–Trinajstić information content (AvgIpc) is 2.73. The Morgan fingerprint density at radius 1 is 1.30 bits per heavy atom. The van der Waals surface area contributed by atoms with Crippen LogP contribution in [-0.2, 0) is 0 Å². The first kappa shape index (κ1) is 18.8. The Hall–Kier alpha value is -3.03. The number of nitrogens with zero attached hydrogens (tertiary/aromatic N) is 3. The van der Waals surface area contributed by atoms with Crippen molar-refractivity contribution in [3.63, 3.8) is 0 Å². The predicted octanol–water partition coefficient (Wildman–Crippen LogP) is 2.59. The van der Waals surface area contributed by atoms with E-state index >= 15 is 0 Å². The van der Waals surface area contributed by atoms with E-state index in [-0.39, 0.29) is 5.91 Å². The van der Waals surface area contributed by atoms with Gasteiger partial charge in [-0.25, -0.2) is 9.97 Å². The van der Waals surface area contributed by atoms with E-state index in [4.69, 9.17) is 10.5 Å². The van der Waals surface area contributed by atoms with Crippen LogP contribution in [0.5, 0.6) is 5.75 Å². The standard InChI is InChI=1S/C19H26N6O2/c1-3-14-6-4-5-11-25(14)18-16(20)17(21-12-22-18)23-24-19(26)13-7-9-15(27-2)10-8-13/h7-10,12,14H,3-6,11,20H2,1-2H3,(H,24,26)(H,21,22,23). The van der Waals surface area contributed by atoms with Gasteiger partial charge in [-0.3, -0.25) is 15.6 Å². The molecule has 1 aliphatic rings. The van der Waals surface area contributed by atoms with E-state index in [0.717, 1.165) is 31.6 Å². The number of hydrogen-bond acceptors (Lipinski definition) is 7. The zero-order chi connectivity index (χ0) is 19.2. The van der Waals surface area contributed by atoms with Crippen LogP contribution in [0, 0.1) is 0 Å². The van der Waals surface area contributed by atoms with Crippen molar-refractivity contribution in [2.24, 2.45) is 0 Å². The highest BCUT2D eigenvalue weighted by Crippen LogP contribution is 2.31. The molecule has 1 aromatic heterocycles. The quantitative estimate of drug-likeness (QED) is 0.671. The highest BCUT2D eigenvalue weighted by Gasteiger charge is 2.25.